The van der Waals surface area contributed by atoms with E-state index in [1.165, 1.54) is 19.2 Å². The molecular weight excluding hydrogens is 617 g/mol. The zero-order valence-corrected chi connectivity index (χ0v) is 22.7. The lowest BCUT2D eigenvalue weighted by molar-refractivity contribution is -0.384. The van der Waals surface area contributed by atoms with Gasteiger partial charge in [0, 0.05) is 25.2 Å². The predicted molar refractivity (Wildman–Crippen MR) is 143 cm³/mol. The minimum absolute atomic E-state index is 0.00450. The molecule has 2 fully saturated rings. The summed E-state index contributed by atoms with van der Waals surface area (Å²) in [5, 5.41) is 10.3. The molecule has 0 N–H and O–H groups in total. The number of thioether (sulfide) groups is 1. The standard InChI is InChI=1S/C24H22IN3O8S/c1-34-19-11-16(10-18(25)22(19)36-14-15-2-4-17(5-3-15)28(32)33)12-20-23(30)27(24(31)37-20)13-21(29)26-6-8-35-9-7-26/h2-5,10-12H,6-9,13-14H2,1H3/b20-12+. The fraction of sp³-hybridized carbons (Fsp3) is 0.292. The first-order valence-electron chi connectivity index (χ1n) is 11.1. The number of ether oxygens (including phenoxy) is 3. The number of non-ortho nitro benzene ring substituents is 1. The van der Waals surface area contributed by atoms with E-state index in [1.54, 1.807) is 35.2 Å². The molecule has 194 valence electrons. The van der Waals surface area contributed by atoms with Crippen LogP contribution in [-0.4, -0.2) is 71.7 Å². The van der Waals surface area contributed by atoms with Crippen LogP contribution in [0.5, 0.6) is 11.5 Å². The summed E-state index contributed by atoms with van der Waals surface area (Å²) in [6.07, 6.45) is 1.58. The lowest BCUT2D eigenvalue weighted by Crippen LogP contribution is -2.46. The van der Waals surface area contributed by atoms with Crippen LogP contribution in [0.3, 0.4) is 0 Å². The smallest absolute Gasteiger partial charge is 0.294 e. The molecule has 0 atom stereocenters. The quantitative estimate of drug-likeness (QED) is 0.184. The molecule has 13 heteroatoms. The number of hydrogen-bond acceptors (Lipinski definition) is 9. The van der Waals surface area contributed by atoms with Gasteiger partial charge in [0.25, 0.3) is 16.8 Å². The molecule has 2 aromatic rings. The highest BCUT2D eigenvalue weighted by atomic mass is 127. The van der Waals surface area contributed by atoms with Crippen molar-refractivity contribution in [1.82, 2.24) is 9.80 Å². The molecular formula is C24H22IN3O8S. The van der Waals surface area contributed by atoms with E-state index < -0.39 is 16.1 Å². The highest BCUT2D eigenvalue weighted by Gasteiger charge is 2.37. The van der Waals surface area contributed by atoms with Crippen LogP contribution >= 0.6 is 34.4 Å². The third kappa shape index (κ3) is 6.40. The Morgan fingerprint density at radius 2 is 1.92 bits per heavy atom. The second-order valence-corrected chi connectivity index (χ2v) is 10.2. The number of rotatable bonds is 8. The van der Waals surface area contributed by atoms with Crippen LogP contribution in [0, 0.1) is 13.7 Å². The summed E-state index contributed by atoms with van der Waals surface area (Å²) in [7, 11) is 1.49. The third-order valence-electron chi connectivity index (χ3n) is 5.61. The number of nitro groups is 1. The second kappa shape index (κ2) is 11.9. The predicted octanol–water partition coefficient (Wildman–Crippen LogP) is 3.68. The third-order valence-corrected chi connectivity index (χ3v) is 7.32. The van der Waals surface area contributed by atoms with E-state index in [1.807, 2.05) is 0 Å². The summed E-state index contributed by atoms with van der Waals surface area (Å²) >= 11 is 2.86. The van der Waals surface area contributed by atoms with Gasteiger partial charge in [-0.1, -0.05) is 0 Å². The highest BCUT2D eigenvalue weighted by molar-refractivity contribution is 14.1. The fourth-order valence-electron chi connectivity index (χ4n) is 3.67. The minimum atomic E-state index is -0.524. The highest BCUT2D eigenvalue weighted by Crippen LogP contribution is 2.37. The maximum Gasteiger partial charge on any atom is 0.294 e. The molecule has 0 bridgehead atoms. The first-order chi connectivity index (χ1) is 17.8. The van der Waals surface area contributed by atoms with Gasteiger partial charge in [-0.15, -0.1) is 0 Å². The lowest BCUT2D eigenvalue weighted by Gasteiger charge is -2.28. The van der Waals surface area contributed by atoms with Crippen molar-refractivity contribution in [3.63, 3.8) is 0 Å². The van der Waals surface area contributed by atoms with Crippen molar-refractivity contribution in [3.8, 4) is 11.5 Å². The number of carbonyl (C=O) groups excluding carboxylic acids is 3. The Hall–Kier alpha value is -3.17. The van der Waals surface area contributed by atoms with Crippen molar-refractivity contribution < 1.29 is 33.5 Å². The van der Waals surface area contributed by atoms with Gasteiger partial charge in [-0.3, -0.25) is 29.4 Å². The molecule has 0 aliphatic carbocycles. The zero-order valence-electron chi connectivity index (χ0n) is 19.7. The molecule has 2 heterocycles. The number of imide groups is 1. The maximum absolute atomic E-state index is 12.9. The Morgan fingerprint density at radius 3 is 2.57 bits per heavy atom. The number of hydrogen-bond donors (Lipinski definition) is 0. The first kappa shape index (κ1) is 26.9. The summed E-state index contributed by atoms with van der Waals surface area (Å²) in [5.41, 5.74) is 1.36. The number of benzene rings is 2. The van der Waals surface area contributed by atoms with Crippen LogP contribution in [-0.2, 0) is 20.9 Å². The molecule has 0 saturated carbocycles. The van der Waals surface area contributed by atoms with Crippen LogP contribution in [0.2, 0.25) is 0 Å². The van der Waals surface area contributed by atoms with Gasteiger partial charge in [-0.25, -0.2) is 0 Å². The Bertz CT molecular complexity index is 1260. The van der Waals surface area contributed by atoms with Gasteiger partial charge in [-0.05, 0) is 75.8 Å². The summed E-state index contributed by atoms with van der Waals surface area (Å²) in [5.74, 6) is 0.0753. The van der Waals surface area contributed by atoms with Gasteiger partial charge >= 0.3 is 0 Å². The lowest BCUT2D eigenvalue weighted by atomic mass is 10.1. The van der Waals surface area contributed by atoms with Crippen LogP contribution in [0.15, 0.2) is 41.3 Å². The number of amides is 3. The Labute approximate surface area is 230 Å². The monoisotopic (exact) mass is 639 g/mol. The van der Waals surface area contributed by atoms with Gasteiger partial charge in [0.2, 0.25) is 5.91 Å². The van der Waals surface area contributed by atoms with E-state index in [0.29, 0.717) is 46.9 Å². The normalized spacial score (nSPS) is 16.9. The molecule has 4 rings (SSSR count). The number of halogens is 1. The minimum Gasteiger partial charge on any atom is -0.493 e. The maximum atomic E-state index is 12.9. The first-order valence-corrected chi connectivity index (χ1v) is 13.0. The molecule has 0 aromatic heterocycles. The van der Waals surface area contributed by atoms with Crippen LogP contribution in [0.4, 0.5) is 10.5 Å². The average Bonchev–Trinajstić information content (AvgIpc) is 3.15. The molecule has 37 heavy (non-hydrogen) atoms. The van der Waals surface area contributed by atoms with Crippen LogP contribution in [0.25, 0.3) is 6.08 Å². The summed E-state index contributed by atoms with van der Waals surface area (Å²) < 4.78 is 17.3. The Kier molecular flexibility index (Phi) is 8.66. The second-order valence-electron chi connectivity index (χ2n) is 8.01. The van der Waals surface area contributed by atoms with Gasteiger partial charge in [0.1, 0.15) is 13.2 Å². The number of nitrogens with zero attached hydrogens (tertiary/aromatic N) is 3. The molecule has 3 amide bonds. The molecule has 2 saturated heterocycles. The largest absolute Gasteiger partial charge is 0.493 e. The number of methoxy groups -OCH3 is 1. The van der Waals surface area contributed by atoms with Gasteiger partial charge < -0.3 is 19.1 Å². The average molecular weight is 639 g/mol. The number of morpholine rings is 1. The Morgan fingerprint density at radius 1 is 1.22 bits per heavy atom. The molecule has 2 aromatic carbocycles. The van der Waals surface area contributed by atoms with E-state index in [4.69, 9.17) is 14.2 Å². The van der Waals surface area contributed by atoms with Crippen LogP contribution in [0.1, 0.15) is 11.1 Å². The van der Waals surface area contributed by atoms with Gasteiger partial charge in [0.15, 0.2) is 11.5 Å². The van der Waals surface area contributed by atoms with Crippen molar-refractivity contribution in [3.05, 3.63) is 66.1 Å². The summed E-state index contributed by atoms with van der Waals surface area (Å²) in [6.45, 7) is 1.59. The topological polar surface area (TPSA) is 129 Å². The molecule has 0 unspecified atom stereocenters. The molecule has 0 radical (unpaired) electrons. The Balaban J connectivity index is 1.46. The molecule has 2 aliphatic heterocycles. The molecule has 2 aliphatic rings. The summed E-state index contributed by atoms with van der Waals surface area (Å²) in [6, 6.07) is 9.51. The van der Waals surface area contributed by atoms with E-state index >= 15 is 0 Å². The number of carbonyl (C=O) groups is 3. The molecule has 0 spiro atoms. The van der Waals surface area contributed by atoms with Gasteiger partial charge in [-0.2, -0.15) is 0 Å². The van der Waals surface area contributed by atoms with Crippen molar-refractivity contribution in [2.75, 3.05) is 40.0 Å². The van der Waals surface area contributed by atoms with Crippen molar-refractivity contribution in [2.24, 2.45) is 0 Å². The van der Waals surface area contributed by atoms with Crippen LogP contribution < -0.4 is 9.47 Å². The van der Waals surface area contributed by atoms with Gasteiger partial charge in [0.05, 0.1) is 33.7 Å². The van der Waals surface area contributed by atoms with E-state index in [0.717, 1.165) is 22.2 Å². The zero-order chi connectivity index (χ0) is 26.5. The van der Waals surface area contributed by atoms with Crippen molar-refractivity contribution in [2.45, 2.75) is 6.61 Å². The van der Waals surface area contributed by atoms with E-state index in [2.05, 4.69) is 22.6 Å². The SMILES string of the molecule is COc1cc(/C=C2/SC(=O)N(CC(=O)N3CCOCC3)C2=O)cc(I)c1OCc1ccc([N+](=O)[O-])cc1. The van der Waals surface area contributed by atoms with Crippen molar-refractivity contribution >= 4 is 63.2 Å². The fourth-order valence-corrected chi connectivity index (χ4v) is 5.29. The molecule has 11 nitrogen and oxygen atoms in total. The van der Waals surface area contributed by atoms with E-state index in [-0.39, 0.29) is 29.7 Å². The number of nitro benzene ring substituents is 1. The van der Waals surface area contributed by atoms with Crippen molar-refractivity contribution in [1.29, 1.82) is 0 Å². The van der Waals surface area contributed by atoms with E-state index in [9.17, 15) is 24.5 Å². The summed E-state index contributed by atoms with van der Waals surface area (Å²) in [4.78, 5) is 51.0.